The monoisotopic (exact) mass is 212 g/mol. The summed E-state index contributed by atoms with van der Waals surface area (Å²) in [4.78, 5) is 21.4. The van der Waals surface area contributed by atoms with E-state index in [4.69, 9.17) is 16.3 Å². The summed E-state index contributed by atoms with van der Waals surface area (Å²) in [7, 11) is 0. The van der Waals surface area contributed by atoms with Gasteiger partial charge in [-0.2, -0.15) is 0 Å². The molecule has 84 valence electrons. The molecule has 0 heterocycles. The second-order valence-electron chi connectivity index (χ2n) is 3.18. The standard InChI is InChI=1S/C11H16O4/c1-3-6-9(4-2)15-11(14)8-5-7-10(12)13/h1,9H,4-8H2,2H3,(H,12,13). The van der Waals surface area contributed by atoms with Crippen molar-refractivity contribution in [1.82, 2.24) is 0 Å². The molecular formula is C11H16O4. The van der Waals surface area contributed by atoms with E-state index >= 15 is 0 Å². The number of carbonyl (C=O) groups excluding carboxylic acids is 1. The molecular weight excluding hydrogens is 196 g/mol. The van der Waals surface area contributed by atoms with Gasteiger partial charge in [-0.15, -0.1) is 12.3 Å². The van der Waals surface area contributed by atoms with Gasteiger partial charge in [0.25, 0.3) is 0 Å². The lowest BCUT2D eigenvalue weighted by atomic mass is 10.2. The molecule has 0 aromatic rings. The van der Waals surface area contributed by atoms with E-state index in [1.807, 2.05) is 6.92 Å². The van der Waals surface area contributed by atoms with Crippen molar-refractivity contribution in [3.63, 3.8) is 0 Å². The van der Waals surface area contributed by atoms with Gasteiger partial charge in [0.15, 0.2) is 0 Å². The van der Waals surface area contributed by atoms with E-state index in [9.17, 15) is 9.59 Å². The van der Waals surface area contributed by atoms with Crippen LogP contribution in [-0.2, 0) is 14.3 Å². The van der Waals surface area contributed by atoms with Crippen LogP contribution in [-0.4, -0.2) is 23.1 Å². The minimum absolute atomic E-state index is 0.0129. The van der Waals surface area contributed by atoms with E-state index < -0.39 is 5.97 Å². The zero-order valence-electron chi connectivity index (χ0n) is 8.86. The zero-order valence-corrected chi connectivity index (χ0v) is 8.86. The Morgan fingerprint density at radius 3 is 2.60 bits per heavy atom. The topological polar surface area (TPSA) is 63.6 Å². The summed E-state index contributed by atoms with van der Waals surface area (Å²) in [6, 6.07) is 0. The van der Waals surface area contributed by atoms with Gasteiger partial charge in [-0.05, 0) is 12.8 Å². The van der Waals surface area contributed by atoms with Crippen molar-refractivity contribution in [2.45, 2.75) is 45.1 Å². The van der Waals surface area contributed by atoms with Crippen molar-refractivity contribution in [2.75, 3.05) is 0 Å². The number of hydrogen-bond donors (Lipinski definition) is 1. The molecule has 4 nitrogen and oxygen atoms in total. The molecule has 0 spiro atoms. The maximum atomic E-state index is 11.2. The van der Waals surface area contributed by atoms with Crippen molar-refractivity contribution in [3.05, 3.63) is 0 Å². The van der Waals surface area contributed by atoms with E-state index in [0.29, 0.717) is 19.3 Å². The number of ether oxygens (including phenoxy) is 1. The predicted octanol–water partition coefficient (Wildman–Crippen LogP) is 1.59. The molecule has 0 aliphatic heterocycles. The second-order valence-corrected chi connectivity index (χ2v) is 3.18. The van der Waals surface area contributed by atoms with Gasteiger partial charge < -0.3 is 9.84 Å². The van der Waals surface area contributed by atoms with Gasteiger partial charge in [0.05, 0.1) is 0 Å². The van der Waals surface area contributed by atoms with Crippen LogP contribution < -0.4 is 0 Å². The van der Waals surface area contributed by atoms with E-state index in [-0.39, 0.29) is 24.9 Å². The first-order chi connectivity index (χ1) is 7.10. The molecule has 0 rings (SSSR count). The van der Waals surface area contributed by atoms with E-state index in [0.717, 1.165) is 0 Å². The highest BCUT2D eigenvalue weighted by atomic mass is 16.5. The van der Waals surface area contributed by atoms with Crippen molar-refractivity contribution in [3.8, 4) is 12.3 Å². The summed E-state index contributed by atoms with van der Waals surface area (Å²) < 4.78 is 5.05. The molecule has 15 heavy (non-hydrogen) atoms. The average Bonchev–Trinajstić information content (AvgIpc) is 2.16. The van der Waals surface area contributed by atoms with Crippen LogP contribution in [0.25, 0.3) is 0 Å². The number of aliphatic carboxylic acids is 1. The van der Waals surface area contributed by atoms with E-state index in [2.05, 4.69) is 5.92 Å². The summed E-state index contributed by atoms with van der Waals surface area (Å²) in [6.07, 6.45) is 6.36. The lowest BCUT2D eigenvalue weighted by molar-refractivity contribution is -0.149. The van der Waals surface area contributed by atoms with Crippen molar-refractivity contribution < 1.29 is 19.4 Å². The number of carboxylic acids is 1. The van der Waals surface area contributed by atoms with Crippen LogP contribution in [0.1, 0.15) is 39.0 Å². The Hall–Kier alpha value is -1.50. The first-order valence-corrected chi connectivity index (χ1v) is 4.94. The van der Waals surface area contributed by atoms with Gasteiger partial charge in [0, 0.05) is 19.3 Å². The molecule has 0 fully saturated rings. The minimum Gasteiger partial charge on any atom is -0.481 e. The maximum absolute atomic E-state index is 11.2. The second kappa shape index (κ2) is 7.86. The molecule has 0 aromatic heterocycles. The summed E-state index contributed by atoms with van der Waals surface area (Å²) in [6.45, 7) is 1.88. The van der Waals surface area contributed by atoms with Gasteiger partial charge in [0.2, 0.25) is 0 Å². The summed E-state index contributed by atoms with van der Waals surface area (Å²) in [5, 5.41) is 8.36. The summed E-state index contributed by atoms with van der Waals surface area (Å²) in [5.74, 6) is 1.15. The first-order valence-electron chi connectivity index (χ1n) is 4.94. The highest BCUT2D eigenvalue weighted by molar-refractivity contribution is 5.71. The molecule has 0 radical (unpaired) electrons. The molecule has 0 saturated heterocycles. The molecule has 0 saturated carbocycles. The normalized spacial score (nSPS) is 11.5. The number of carbonyl (C=O) groups is 2. The quantitative estimate of drug-likeness (QED) is 0.514. The Morgan fingerprint density at radius 2 is 2.13 bits per heavy atom. The Labute approximate surface area is 89.6 Å². The zero-order chi connectivity index (χ0) is 11.7. The fourth-order valence-corrected chi connectivity index (χ4v) is 1.03. The Bertz CT molecular complexity index is 252. The van der Waals surface area contributed by atoms with Gasteiger partial charge >= 0.3 is 11.9 Å². The lowest BCUT2D eigenvalue weighted by Gasteiger charge is -2.12. The molecule has 1 unspecified atom stereocenters. The highest BCUT2D eigenvalue weighted by Gasteiger charge is 2.11. The van der Waals surface area contributed by atoms with Gasteiger partial charge in [-0.1, -0.05) is 6.92 Å². The van der Waals surface area contributed by atoms with E-state index in [1.54, 1.807) is 0 Å². The smallest absolute Gasteiger partial charge is 0.306 e. The maximum Gasteiger partial charge on any atom is 0.306 e. The third-order valence-electron chi connectivity index (χ3n) is 1.87. The van der Waals surface area contributed by atoms with Crippen molar-refractivity contribution in [2.24, 2.45) is 0 Å². The SMILES string of the molecule is C#CCC(CC)OC(=O)CCCC(=O)O. The fourth-order valence-electron chi connectivity index (χ4n) is 1.03. The summed E-state index contributed by atoms with van der Waals surface area (Å²) >= 11 is 0. The van der Waals surface area contributed by atoms with Crippen molar-refractivity contribution >= 4 is 11.9 Å². The van der Waals surface area contributed by atoms with Crippen LogP contribution in [0.2, 0.25) is 0 Å². The van der Waals surface area contributed by atoms with Crippen LogP contribution in [0.5, 0.6) is 0 Å². The molecule has 0 aliphatic carbocycles. The third kappa shape index (κ3) is 7.56. The molecule has 0 aliphatic rings. The fraction of sp³-hybridized carbons (Fsp3) is 0.636. The Kier molecular flexibility index (Phi) is 7.08. The van der Waals surface area contributed by atoms with Gasteiger partial charge in [0.1, 0.15) is 6.10 Å². The van der Waals surface area contributed by atoms with Crippen LogP contribution in [0.3, 0.4) is 0 Å². The first kappa shape index (κ1) is 13.5. The van der Waals surface area contributed by atoms with Crippen LogP contribution in [0.4, 0.5) is 0 Å². The Balaban J connectivity index is 3.72. The number of esters is 1. The minimum atomic E-state index is -0.904. The molecule has 1 atom stereocenters. The lowest BCUT2D eigenvalue weighted by Crippen LogP contribution is -2.16. The average molecular weight is 212 g/mol. The van der Waals surface area contributed by atoms with Crippen LogP contribution >= 0.6 is 0 Å². The third-order valence-corrected chi connectivity index (χ3v) is 1.87. The number of rotatable bonds is 7. The highest BCUT2D eigenvalue weighted by Crippen LogP contribution is 2.06. The Morgan fingerprint density at radius 1 is 1.47 bits per heavy atom. The van der Waals surface area contributed by atoms with E-state index in [1.165, 1.54) is 0 Å². The van der Waals surface area contributed by atoms with Crippen LogP contribution in [0.15, 0.2) is 0 Å². The largest absolute Gasteiger partial charge is 0.481 e. The van der Waals surface area contributed by atoms with Gasteiger partial charge in [-0.3, -0.25) is 9.59 Å². The predicted molar refractivity (Wildman–Crippen MR) is 55.1 cm³/mol. The number of hydrogen-bond acceptors (Lipinski definition) is 3. The number of terminal acetylenes is 1. The van der Waals surface area contributed by atoms with Gasteiger partial charge in [-0.25, -0.2) is 0 Å². The molecule has 4 heteroatoms. The molecule has 0 amide bonds. The van der Waals surface area contributed by atoms with Crippen molar-refractivity contribution in [1.29, 1.82) is 0 Å². The molecule has 0 bridgehead atoms. The van der Waals surface area contributed by atoms with Crippen LogP contribution in [0, 0.1) is 12.3 Å². The molecule has 0 aromatic carbocycles. The summed E-state index contributed by atoms with van der Waals surface area (Å²) in [5.41, 5.74) is 0. The molecule has 1 N–H and O–H groups in total. The number of carboxylic acid groups (broad SMARTS) is 1.